The minimum Gasteiger partial charge on any atom is -0.0621 e. The Hall–Kier alpha value is -1.34. The van der Waals surface area contributed by atoms with E-state index in [0.29, 0.717) is 0 Å². The largest absolute Gasteiger partial charge is 0.112 e. The van der Waals surface area contributed by atoms with E-state index in [-0.39, 0.29) is 0 Å². The monoisotopic (exact) mass is 221 g/mol. The first kappa shape index (κ1) is 8.77. The second-order valence-electron chi connectivity index (χ2n) is 5.31. The van der Waals surface area contributed by atoms with Gasteiger partial charge >= 0.3 is 0 Å². The van der Waals surface area contributed by atoms with E-state index >= 15 is 0 Å². The molecule has 2 aliphatic rings. The zero-order chi connectivity index (χ0) is 10.9. The lowest BCUT2D eigenvalue weighted by atomic mass is 10.1. The molecule has 1 heterocycles. The van der Waals surface area contributed by atoms with Gasteiger partial charge in [0, 0.05) is 6.42 Å². The fraction of sp³-hybridized carbons (Fsp3) is 0.133. The smallest absolute Gasteiger partial charge is 0.0621 e. The van der Waals surface area contributed by atoms with Crippen molar-refractivity contribution < 1.29 is 0 Å². The quantitative estimate of drug-likeness (QED) is 0.511. The first-order valence-electron chi connectivity index (χ1n) is 5.82. The minimum absolute atomic E-state index is 1.13. The van der Waals surface area contributed by atoms with Gasteiger partial charge in [-0.1, -0.05) is 59.9 Å². The molecule has 77 valence electrons. The molecule has 0 bridgehead atoms. The van der Waals surface area contributed by atoms with E-state index in [1.165, 1.54) is 22.3 Å². The van der Waals surface area contributed by atoms with Crippen LogP contribution >= 0.6 is 0 Å². The van der Waals surface area contributed by atoms with Crippen LogP contribution in [-0.2, 0) is 0 Å². The first-order valence-corrected chi connectivity index (χ1v) is 8.82. The van der Waals surface area contributed by atoms with Crippen LogP contribution in [0.15, 0.2) is 36.4 Å². The van der Waals surface area contributed by atoms with Crippen LogP contribution < -0.4 is 10.4 Å². The first-order chi connectivity index (χ1) is 7.69. The Bertz CT molecular complexity index is 623. The van der Waals surface area contributed by atoms with Crippen molar-refractivity contribution in [2.24, 2.45) is 0 Å². The van der Waals surface area contributed by atoms with Gasteiger partial charge in [-0.25, -0.2) is 0 Å². The third-order valence-corrected chi connectivity index (χ3v) is 7.33. The number of rotatable bonds is 0. The van der Waals surface area contributed by atoms with Crippen molar-refractivity contribution in [2.75, 3.05) is 0 Å². The van der Waals surface area contributed by atoms with Gasteiger partial charge in [0.15, 0.2) is 0 Å². The van der Waals surface area contributed by atoms with E-state index in [9.17, 15) is 0 Å². The van der Waals surface area contributed by atoms with Gasteiger partial charge in [0.05, 0.1) is 0 Å². The highest BCUT2D eigenvalue weighted by Crippen LogP contribution is 2.39. The van der Waals surface area contributed by atoms with E-state index in [1.807, 2.05) is 0 Å². The molecule has 2 aromatic rings. The Labute approximate surface area is 97.0 Å². The summed E-state index contributed by atoms with van der Waals surface area (Å²) in [5, 5.41) is 3.36. The molecule has 1 heteroatoms. The molecular formula is C15H13Si. The molecule has 0 aromatic heterocycles. The van der Waals surface area contributed by atoms with Crippen molar-refractivity contribution in [1.29, 1.82) is 0 Å². The molecule has 0 nitrogen and oxygen atoms in total. The Balaban J connectivity index is 2.02. The summed E-state index contributed by atoms with van der Waals surface area (Å²) in [6, 6.07) is 13.4. The third-order valence-electron chi connectivity index (χ3n) is 4.03. The lowest BCUT2D eigenvalue weighted by Crippen LogP contribution is -2.18. The molecule has 0 saturated carbocycles. The van der Waals surface area contributed by atoms with E-state index in [4.69, 9.17) is 0 Å². The molecule has 1 radical (unpaired) electrons. The highest BCUT2D eigenvalue weighted by molar-refractivity contribution is 7.16. The van der Waals surface area contributed by atoms with E-state index < -0.39 is 8.07 Å². The van der Waals surface area contributed by atoms with Crippen LogP contribution in [0.2, 0.25) is 13.1 Å². The van der Waals surface area contributed by atoms with Gasteiger partial charge in [-0.05, 0) is 22.3 Å². The van der Waals surface area contributed by atoms with Crippen molar-refractivity contribution in [3.05, 3.63) is 53.9 Å². The van der Waals surface area contributed by atoms with Crippen LogP contribution in [0.4, 0.5) is 0 Å². The average Bonchev–Trinajstić information content (AvgIpc) is 2.70. The number of hydrogen-bond donors (Lipinski definition) is 0. The van der Waals surface area contributed by atoms with Gasteiger partial charge in [0.25, 0.3) is 0 Å². The zero-order valence-electron chi connectivity index (χ0n) is 9.54. The van der Waals surface area contributed by atoms with Gasteiger partial charge < -0.3 is 0 Å². The van der Waals surface area contributed by atoms with Crippen molar-refractivity contribution in [3.63, 3.8) is 0 Å². The summed E-state index contributed by atoms with van der Waals surface area (Å²) >= 11 is 0. The van der Waals surface area contributed by atoms with Crippen LogP contribution in [0.3, 0.4) is 0 Å². The molecule has 0 atom stereocenters. The van der Waals surface area contributed by atoms with Crippen molar-refractivity contribution in [2.45, 2.75) is 13.1 Å². The molecule has 1 aliphatic heterocycles. The second-order valence-corrected chi connectivity index (χ2v) is 9.59. The fourth-order valence-electron chi connectivity index (χ4n) is 3.07. The topological polar surface area (TPSA) is 0 Å². The van der Waals surface area contributed by atoms with E-state index in [0.717, 1.165) is 0 Å². The molecular weight excluding hydrogens is 208 g/mol. The maximum absolute atomic E-state index is 2.45. The van der Waals surface area contributed by atoms with Crippen molar-refractivity contribution in [3.8, 4) is 11.1 Å². The van der Waals surface area contributed by atoms with Crippen LogP contribution in [0.25, 0.3) is 11.1 Å². The number of fused-ring (bicyclic) bond motifs is 5. The Morgan fingerprint density at radius 1 is 0.875 bits per heavy atom. The summed E-state index contributed by atoms with van der Waals surface area (Å²) in [6.07, 6.45) is 2.38. The summed E-state index contributed by atoms with van der Waals surface area (Å²) in [6.45, 7) is 4.91. The predicted octanol–water partition coefficient (Wildman–Crippen LogP) is 2.40. The molecule has 0 fully saturated rings. The predicted molar refractivity (Wildman–Crippen MR) is 71.1 cm³/mol. The van der Waals surface area contributed by atoms with Gasteiger partial charge in [-0.3, -0.25) is 0 Å². The number of hydrogen-bond acceptors (Lipinski definition) is 0. The molecule has 0 saturated heterocycles. The van der Waals surface area contributed by atoms with Crippen molar-refractivity contribution in [1.82, 2.24) is 0 Å². The maximum Gasteiger partial charge on any atom is 0.112 e. The maximum atomic E-state index is 2.45. The molecule has 0 unspecified atom stereocenters. The lowest BCUT2D eigenvalue weighted by molar-refractivity contribution is 1.57. The van der Waals surface area contributed by atoms with Crippen molar-refractivity contribution >= 4 is 18.4 Å². The van der Waals surface area contributed by atoms with Crippen LogP contribution in [0.5, 0.6) is 0 Å². The Morgan fingerprint density at radius 3 is 2.56 bits per heavy atom. The normalized spacial score (nSPS) is 17.6. The summed E-state index contributed by atoms with van der Waals surface area (Å²) < 4.78 is 0. The molecule has 0 N–H and O–H groups in total. The Kier molecular flexibility index (Phi) is 1.36. The number of benzene rings is 2. The summed E-state index contributed by atoms with van der Waals surface area (Å²) in [4.78, 5) is 0. The van der Waals surface area contributed by atoms with Gasteiger partial charge in [0.2, 0.25) is 0 Å². The molecule has 1 aliphatic carbocycles. The van der Waals surface area contributed by atoms with Crippen LogP contribution in [0.1, 0.15) is 11.1 Å². The van der Waals surface area contributed by atoms with E-state index in [1.54, 1.807) is 10.4 Å². The van der Waals surface area contributed by atoms with Gasteiger partial charge in [0.1, 0.15) is 8.07 Å². The second kappa shape index (κ2) is 2.49. The third kappa shape index (κ3) is 0.862. The molecule has 4 rings (SSSR count). The highest BCUT2D eigenvalue weighted by Gasteiger charge is 2.47. The average molecular weight is 221 g/mol. The summed E-state index contributed by atoms with van der Waals surface area (Å²) in [5.74, 6) is 0. The van der Waals surface area contributed by atoms with E-state index in [2.05, 4.69) is 55.9 Å². The summed E-state index contributed by atoms with van der Waals surface area (Å²) in [7, 11) is -1.13. The molecule has 2 aromatic carbocycles. The molecule has 0 amide bonds. The highest BCUT2D eigenvalue weighted by atomic mass is 28.3. The lowest BCUT2D eigenvalue weighted by Gasteiger charge is -1.98. The zero-order valence-corrected chi connectivity index (χ0v) is 10.5. The SMILES string of the molecule is C[Si]1(C)c2ccc3c(c21)[CH]c1ccccc1-3. The van der Waals surface area contributed by atoms with Crippen LogP contribution in [0, 0.1) is 6.42 Å². The van der Waals surface area contributed by atoms with Gasteiger partial charge in [-0.15, -0.1) is 0 Å². The standard InChI is InChI=1S/C15H13Si/c1-16(2)14-8-7-12-11-6-4-3-5-10(11)9-13(12)15(14)16/h3-9H,1-2H3. The molecule has 0 spiro atoms. The molecule has 16 heavy (non-hydrogen) atoms. The summed E-state index contributed by atoms with van der Waals surface area (Å²) in [5.41, 5.74) is 5.78. The fourth-order valence-corrected chi connectivity index (χ4v) is 6.41. The minimum atomic E-state index is -1.13. The van der Waals surface area contributed by atoms with Gasteiger partial charge in [-0.2, -0.15) is 0 Å². The van der Waals surface area contributed by atoms with Crippen LogP contribution in [-0.4, -0.2) is 8.07 Å². The Morgan fingerprint density at radius 2 is 1.69 bits per heavy atom.